The highest BCUT2D eigenvalue weighted by Gasteiger charge is 2.34. The lowest BCUT2D eigenvalue weighted by Gasteiger charge is -2.31. The molecular formula is C12H19NO2S. The Hall–Kier alpha value is -0.450. The van der Waals surface area contributed by atoms with E-state index in [2.05, 4.69) is 18.8 Å². The first kappa shape index (κ1) is 12.0. The molecule has 0 aromatic carbocycles. The van der Waals surface area contributed by atoms with Crippen molar-refractivity contribution in [3.05, 3.63) is 15.6 Å². The highest BCUT2D eigenvalue weighted by molar-refractivity contribution is 7.11. The molecule has 1 aliphatic carbocycles. The maximum atomic E-state index is 10.1. The summed E-state index contributed by atoms with van der Waals surface area (Å²) in [6, 6.07) is 0. The van der Waals surface area contributed by atoms with Crippen LogP contribution < -0.4 is 0 Å². The van der Waals surface area contributed by atoms with E-state index in [1.165, 1.54) is 0 Å². The summed E-state index contributed by atoms with van der Waals surface area (Å²) in [6.07, 6.45) is 1.44. The summed E-state index contributed by atoms with van der Waals surface area (Å²) in [6.45, 7) is 6.34. The van der Waals surface area contributed by atoms with Crippen molar-refractivity contribution in [2.75, 3.05) is 7.11 Å². The molecule has 2 atom stereocenters. The second kappa shape index (κ2) is 4.09. The predicted octanol–water partition coefficient (Wildman–Crippen LogP) is 2.86. The number of ether oxygens (including phenoxy) is 1. The molecule has 90 valence electrons. The van der Waals surface area contributed by atoms with Gasteiger partial charge in [0.2, 0.25) is 0 Å². The minimum atomic E-state index is -0.353. The van der Waals surface area contributed by atoms with E-state index in [4.69, 9.17) is 4.74 Å². The molecule has 0 fully saturated rings. The van der Waals surface area contributed by atoms with Crippen molar-refractivity contribution in [3.63, 3.8) is 0 Å². The number of thiazole rings is 1. The van der Waals surface area contributed by atoms with E-state index in [-0.39, 0.29) is 17.6 Å². The molecule has 0 amide bonds. The van der Waals surface area contributed by atoms with E-state index in [1.807, 2.05) is 6.92 Å². The van der Waals surface area contributed by atoms with Gasteiger partial charge in [-0.25, -0.2) is 4.98 Å². The predicted molar refractivity (Wildman–Crippen MR) is 64.6 cm³/mol. The van der Waals surface area contributed by atoms with Crippen LogP contribution in [0.4, 0.5) is 0 Å². The van der Waals surface area contributed by atoms with Crippen LogP contribution >= 0.6 is 11.3 Å². The summed E-state index contributed by atoms with van der Waals surface area (Å²) < 4.78 is 5.27. The molecule has 0 bridgehead atoms. The first-order valence-electron chi connectivity index (χ1n) is 5.63. The largest absolute Gasteiger partial charge is 0.387 e. The van der Waals surface area contributed by atoms with Crippen LogP contribution in [-0.2, 0) is 11.2 Å². The number of aliphatic hydroxyl groups excluding tert-OH is 1. The molecule has 0 saturated heterocycles. The summed E-state index contributed by atoms with van der Waals surface area (Å²) in [5.74, 6) is 0. The molecule has 1 heterocycles. The van der Waals surface area contributed by atoms with Gasteiger partial charge in [0.25, 0.3) is 0 Å². The van der Waals surface area contributed by atoms with Crippen LogP contribution in [0.1, 0.15) is 55.0 Å². The van der Waals surface area contributed by atoms with Crippen molar-refractivity contribution < 1.29 is 9.84 Å². The van der Waals surface area contributed by atoms with Crippen molar-refractivity contribution >= 4 is 11.3 Å². The fourth-order valence-electron chi connectivity index (χ4n) is 2.19. The number of methoxy groups -OCH3 is 1. The molecule has 3 nitrogen and oxygen atoms in total. The molecule has 16 heavy (non-hydrogen) atoms. The lowest BCUT2D eigenvalue weighted by Crippen LogP contribution is -2.24. The molecular weight excluding hydrogens is 222 g/mol. The highest BCUT2D eigenvalue weighted by Crippen LogP contribution is 2.43. The number of hydrogen-bond donors (Lipinski definition) is 1. The molecule has 1 N–H and O–H groups in total. The molecule has 1 aromatic heterocycles. The first-order valence-corrected chi connectivity index (χ1v) is 6.45. The van der Waals surface area contributed by atoms with Crippen LogP contribution in [0.2, 0.25) is 0 Å². The van der Waals surface area contributed by atoms with E-state index in [0.29, 0.717) is 0 Å². The highest BCUT2D eigenvalue weighted by atomic mass is 32.1. The van der Waals surface area contributed by atoms with Crippen molar-refractivity contribution in [2.24, 2.45) is 5.41 Å². The Morgan fingerprint density at radius 3 is 2.88 bits per heavy atom. The van der Waals surface area contributed by atoms with Crippen molar-refractivity contribution in [3.8, 4) is 0 Å². The standard InChI is InChI=1S/C12H19NO2S/c1-7(15-4)11-13-8-5-12(2,3)6-9(14)10(8)16-11/h7,9,14H,5-6H2,1-4H3. The zero-order valence-electron chi connectivity index (χ0n) is 10.3. The maximum absolute atomic E-state index is 10.1. The van der Waals surface area contributed by atoms with E-state index < -0.39 is 0 Å². The Labute approximate surface area is 100 Å². The Kier molecular flexibility index (Phi) is 3.07. The molecule has 1 aromatic rings. The van der Waals surface area contributed by atoms with E-state index in [0.717, 1.165) is 28.4 Å². The van der Waals surface area contributed by atoms with Crippen LogP contribution in [0.15, 0.2) is 0 Å². The third-order valence-corrected chi connectivity index (χ3v) is 4.50. The fraction of sp³-hybridized carbons (Fsp3) is 0.750. The van der Waals surface area contributed by atoms with Gasteiger partial charge in [-0.05, 0) is 25.2 Å². The first-order chi connectivity index (χ1) is 7.43. The smallest absolute Gasteiger partial charge is 0.122 e. The van der Waals surface area contributed by atoms with Crippen LogP contribution in [0, 0.1) is 5.41 Å². The monoisotopic (exact) mass is 241 g/mol. The molecule has 0 spiro atoms. The van der Waals surface area contributed by atoms with Gasteiger partial charge >= 0.3 is 0 Å². The van der Waals surface area contributed by atoms with Gasteiger partial charge in [-0.1, -0.05) is 13.8 Å². The minimum Gasteiger partial charge on any atom is -0.387 e. The fourth-order valence-corrected chi connectivity index (χ4v) is 3.28. The second-order valence-corrected chi connectivity index (χ2v) is 6.36. The molecule has 4 heteroatoms. The third-order valence-electron chi connectivity index (χ3n) is 3.14. The Bertz CT molecular complexity index is 386. The zero-order valence-corrected chi connectivity index (χ0v) is 11.1. The molecule has 0 saturated carbocycles. The van der Waals surface area contributed by atoms with Crippen LogP contribution in [0.5, 0.6) is 0 Å². The molecule has 2 unspecified atom stereocenters. The van der Waals surface area contributed by atoms with Gasteiger partial charge in [-0.3, -0.25) is 0 Å². The molecule has 2 rings (SSSR count). The van der Waals surface area contributed by atoms with Gasteiger partial charge in [-0.2, -0.15) is 0 Å². The average molecular weight is 241 g/mol. The van der Waals surface area contributed by atoms with Gasteiger partial charge in [0, 0.05) is 7.11 Å². The van der Waals surface area contributed by atoms with Crippen LogP contribution in [0.3, 0.4) is 0 Å². The minimum absolute atomic E-state index is 0.0194. The van der Waals surface area contributed by atoms with E-state index >= 15 is 0 Å². The Morgan fingerprint density at radius 2 is 2.25 bits per heavy atom. The van der Waals surface area contributed by atoms with Gasteiger partial charge in [0.15, 0.2) is 0 Å². The second-order valence-electron chi connectivity index (χ2n) is 5.30. The lowest BCUT2D eigenvalue weighted by molar-refractivity contribution is 0.102. The molecule has 1 aliphatic rings. The molecule has 0 aliphatic heterocycles. The Morgan fingerprint density at radius 1 is 1.56 bits per heavy atom. The number of hydrogen-bond acceptors (Lipinski definition) is 4. The number of nitrogens with zero attached hydrogens (tertiary/aromatic N) is 1. The lowest BCUT2D eigenvalue weighted by atomic mass is 9.77. The van der Waals surface area contributed by atoms with Gasteiger partial charge in [-0.15, -0.1) is 11.3 Å². The zero-order chi connectivity index (χ0) is 11.9. The topological polar surface area (TPSA) is 42.4 Å². The summed E-state index contributed by atoms with van der Waals surface area (Å²) >= 11 is 1.59. The van der Waals surface area contributed by atoms with Gasteiger partial charge in [0.1, 0.15) is 11.1 Å². The van der Waals surface area contributed by atoms with Gasteiger partial charge < -0.3 is 9.84 Å². The SMILES string of the molecule is COC(C)c1nc2c(s1)C(O)CC(C)(C)C2. The van der Waals surface area contributed by atoms with E-state index in [1.54, 1.807) is 18.4 Å². The van der Waals surface area contributed by atoms with Crippen molar-refractivity contribution in [2.45, 2.75) is 45.8 Å². The maximum Gasteiger partial charge on any atom is 0.122 e. The van der Waals surface area contributed by atoms with Gasteiger partial charge in [0.05, 0.1) is 16.7 Å². The normalized spacial score (nSPS) is 25.2. The number of aliphatic hydroxyl groups is 1. The quantitative estimate of drug-likeness (QED) is 0.865. The summed E-state index contributed by atoms with van der Waals surface area (Å²) in [4.78, 5) is 5.64. The number of rotatable bonds is 2. The third kappa shape index (κ3) is 2.14. The number of fused-ring (bicyclic) bond motifs is 1. The summed E-state index contributed by atoms with van der Waals surface area (Å²) in [5, 5.41) is 11.1. The van der Waals surface area contributed by atoms with E-state index in [9.17, 15) is 5.11 Å². The van der Waals surface area contributed by atoms with Crippen LogP contribution in [0.25, 0.3) is 0 Å². The number of aromatic nitrogens is 1. The average Bonchev–Trinajstić information content (AvgIpc) is 2.58. The van der Waals surface area contributed by atoms with Crippen molar-refractivity contribution in [1.82, 2.24) is 4.98 Å². The summed E-state index contributed by atoms with van der Waals surface area (Å²) in [7, 11) is 1.69. The summed E-state index contributed by atoms with van der Waals surface area (Å²) in [5.41, 5.74) is 1.21. The molecule has 0 radical (unpaired) electrons. The van der Waals surface area contributed by atoms with Crippen molar-refractivity contribution in [1.29, 1.82) is 0 Å². The van der Waals surface area contributed by atoms with Crippen LogP contribution in [-0.4, -0.2) is 17.2 Å². The Balaban J connectivity index is 2.34.